The molecule has 3 aliphatic heterocycles. The number of hydrogen-bond acceptors (Lipinski definition) is 36. The molecule has 0 aliphatic carbocycles. The lowest BCUT2D eigenvalue weighted by atomic mass is 9.96. The first-order valence-electron chi connectivity index (χ1n) is 54.3. The first-order valence-corrected chi connectivity index (χ1v) is 55.4. The molecule has 45 heteroatoms. The van der Waals surface area contributed by atoms with Crippen LogP contribution in [0.4, 0.5) is 0 Å². The van der Waals surface area contributed by atoms with Crippen LogP contribution in [0.1, 0.15) is 374 Å². The van der Waals surface area contributed by atoms with Gasteiger partial charge in [0.25, 0.3) is 8.53 Å². The summed E-state index contributed by atoms with van der Waals surface area (Å²) in [7, 11) is -1.40. The van der Waals surface area contributed by atoms with E-state index < -0.39 is 190 Å². The zero-order valence-corrected chi connectivity index (χ0v) is 92.9. The van der Waals surface area contributed by atoms with E-state index in [2.05, 4.69) is 81.0 Å². The fourth-order valence-corrected chi connectivity index (χ4v) is 19.4. The number of rotatable bonds is 82. The Kier molecular flexibility index (Phi) is 72.2. The minimum absolute atomic E-state index is 0.0931. The van der Waals surface area contributed by atoms with Gasteiger partial charge in [0, 0.05) is 154 Å². The number of carbonyl (C=O) groups is 17. The molecule has 0 aromatic heterocycles. The molecule has 0 spiro atoms. The molecule has 3 rings (SSSR count). The summed E-state index contributed by atoms with van der Waals surface area (Å²) in [6, 6.07) is -2.76. The van der Waals surface area contributed by atoms with Gasteiger partial charge in [-0.05, 0) is 118 Å². The van der Waals surface area contributed by atoms with Crippen molar-refractivity contribution in [3.63, 3.8) is 0 Å². The highest BCUT2D eigenvalue weighted by atomic mass is 31.2. The van der Waals surface area contributed by atoms with Crippen LogP contribution in [0.5, 0.6) is 0 Å². The molecule has 3 heterocycles. The molecule has 3 aliphatic rings. The quantitative estimate of drug-likeness (QED) is 0.0121. The Hall–Kier alpha value is -9.45. The van der Waals surface area contributed by atoms with Crippen molar-refractivity contribution < 1.29 is 162 Å². The van der Waals surface area contributed by atoms with Crippen molar-refractivity contribution in [2.24, 2.45) is 0 Å². The molecule has 44 nitrogen and oxygen atoms in total. The number of esters is 9. The fraction of sp³-hybridized carbons (Fsp3) is 0.829. The van der Waals surface area contributed by atoms with Crippen LogP contribution in [0.25, 0.3) is 0 Å². The van der Waals surface area contributed by atoms with E-state index in [9.17, 15) is 86.8 Å². The van der Waals surface area contributed by atoms with Gasteiger partial charge in [-0.2, -0.15) is 5.26 Å². The summed E-state index contributed by atoms with van der Waals surface area (Å²) in [4.78, 5) is 215. The highest BCUT2D eigenvalue weighted by Crippen LogP contribution is 2.46. The minimum atomic E-state index is -1.40. The van der Waals surface area contributed by atoms with E-state index in [1.807, 2.05) is 0 Å². The van der Waals surface area contributed by atoms with Crippen molar-refractivity contribution in [2.45, 2.75) is 490 Å². The Labute approximate surface area is 888 Å². The number of nitrogens with zero attached hydrogens (tertiary/aromatic N) is 2. The van der Waals surface area contributed by atoms with Gasteiger partial charge in [-0.15, -0.1) is 0 Å². The van der Waals surface area contributed by atoms with Crippen LogP contribution in [-0.2, 0) is 162 Å². The van der Waals surface area contributed by atoms with Crippen LogP contribution >= 0.6 is 8.53 Å². The van der Waals surface area contributed by atoms with E-state index in [1.54, 1.807) is 0 Å². The molecule has 8 amide bonds. The highest BCUT2D eigenvalue weighted by molar-refractivity contribution is 7.44. The van der Waals surface area contributed by atoms with E-state index in [1.165, 1.54) is 76.2 Å². The second-order valence-corrected chi connectivity index (χ2v) is 40.5. The first kappa shape index (κ1) is 135. The predicted molar refractivity (Wildman–Crippen MR) is 549 cm³/mol. The highest BCUT2D eigenvalue weighted by Gasteiger charge is 2.55. The summed E-state index contributed by atoms with van der Waals surface area (Å²) < 4.78 is 99.9. The predicted octanol–water partition coefficient (Wildman–Crippen LogP) is 11.2. The molecule has 0 radical (unpaired) electrons. The average molecular weight is 2160 g/mol. The normalized spacial score (nSPS) is 21.0. The van der Waals surface area contributed by atoms with Crippen LogP contribution in [-0.4, -0.2) is 294 Å². The summed E-state index contributed by atoms with van der Waals surface area (Å²) in [5.41, 5.74) is 0. The molecule has 3 fully saturated rings. The minimum Gasteiger partial charge on any atom is -0.463 e. The molecule has 0 aromatic rings. The number of nitriles is 1. The molecule has 18 unspecified atom stereocenters. The molecule has 0 bridgehead atoms. The lowest BCUT2D eigenvalue weighted by Crippen LogP contribution is -2.66. The molecule has 150 heavy (non-hydrogen) atoms. The van der Waals surface area contributed by atoms with E-state index in [-0.39, 0.29) is 108 Å². The van der Waals surface area contributed by atoms with Crippen LogP contribution < -0.4 is 42.5 Å². The number of ether oxygens (including phenoxy) is 15. The summed E-state index contributed by atoms with van der Waals surface area (Å²) in [6.45, 7) is 24.1. The zero-order chi connectivity index (χ0) is 111. The molecular formula is C105H179N10O34P. The maximum Gasteiger partial charge on any atom is 0.303 e. The number of hydrogen-bond donors (Lipinski definition) is 8. The van der Waals surface area contributed by atoms with Crippen molar-refractivity contribution in [3.8, 4) is 6.07 Å². The van der Waals surface area contributed by atoms with Crippen LogP contribution in [0, 0.1) is 11.3 Å². The van der Waals surface area contributed by atoms with Gasteiger partial charge in [-0.25, -0.2) is 4.67 Å². The van der Waals surface area contributed by atoms with Gasteiger partial charge in [0.2, 0.25) is 47.3 Å². The van der Waals surface area contributed by atoms with Crippen molar-refractivity contribution in [1.82, 2.24) is 47.2 Å². The van der Waals surface area contributed by atoms with Gasteiger partial charge in [0.15, 0.2) is 55.5 Å². The molecular weight excluding hydrogens is 1980 g/mol. The van der Waals surface area contributed by atoms with Crippen molar-refractivity contribution in [2.75, 3.05) is 72.5 Å². The number of unbranched alkanes of at least 4 members (excludes halogenated alkanes) is 29. The van der Waals surface area contributed by atoms with Crippen molar-refractivity contribution in [3.05, 3.63) is 0 Å². The third-order valence-corrected chi connectivity index (χ3v) is 26.8. The second kappa shape index (κ2) is 80.4. The van der Waals surface area contributed by atoms with E-state index >= 15 is 0 Å². The average Bonchev–Trinajstić information content (AvgIpc) is 0.792. The Bertz CT molecular complexity index is 4030. The third-order valence-electron chi connectivity index (χ3n) is 24.7. The van der Waals surface area contributed by atoms with Gasteiger partial charge in [-0.3, -0.25) is 81.5 Å². The topological polar surface area (TPSA) is 570 Å². The monoisotopic (exact) mass is 2160 g/mol. The summed E-state index contributed by atoms with van der Waals surface area (Å²) >= 11 is 0. The van der Waals surface area contributed by atoms with Gasteiger partial charge < -0.3 is 123 Å². The molecule has 8 N–H and O–H groups in total. The Morgan fingerprint density at radius 1 is 0.300 bits per heavy atom. The Morgan fingerprint density at radius 2 is 0.567 bits per heavy atom. The van der Waals surface area contributed by atoms with Gasteiger partial charge >= 0.3 is 53.7 Å². The van der Waals surface area contributed by atoms with Crippen molar-refractivity contribution in [1.29, 1.82) is 5.26 Å². The summed E-state index contributed by atoms with van der Waals surface area (Å²) in [5, 5.41) is 32.4. The smallest absolute Gasteiger partial charge is 0.303 e. The lowest BCUT2D eigenvalue weighted by Gasteiger charge is -2.44. The molecule has 858 valence electrons. The second-order valence-electron chi connectivity index (χ2n) is 39.0. The van der Waals surface area contributed by atoms with E-state index in [0.717, 1.165) is 161 Å². The Morgan fingerprint density at radius 3 is 0.867 bits per heavy atom. The molecule has 0 saturated carbocycles. The fourth-order valence-electron chi connectivity index (χ4n) is 17.8. The van der Waals surface area contributed by atoms with Crippen LogP contribution in [0.2, 0.25) is 0 Å². The largest absolute Gasteiger partial charge is 0.463 e. The molecule has 18 atom stereocenters. The van der Waals surface area contributed by atoms with E-state index in [4.69, 9.17) is 80.1 Å². The number of carbonyl (C=O) groups excluding carboxylic acids is 17. The lowest BCUT2D eigenvalue weighted by molar-refractivity contribution is -0.277. The maximum atomic E-state index is 14.7. The molecule has 0 aromatic carbocycles. The van der Waals surface area contributed by atoms with Crippen molar-refractivity contribution >= 4 is 110 Å². The molecule has 3 saturated heterocycles. The van der Waals surface area contributed by atoms with Crippen LogP contribution in [0.3, 0.4) is 0 Å². The first-order chi connectivity index (χ1) is 71.6. The summed E-state index contributed by atoms with van der Waals surface area (Å²) in [6.07, 6.45) is 15.1. The number of nitrogens with one attached hydrogen (secondary N) is 8. The van der Waals surface area contributed by atoms with Crippen LogP contribution in [0.15, 0.2) is 0 Å². The van der Waals surface area contributed by atoms with Gasteiger partial charge in [0.1, 0.15) is 68.3 Å². The zero-order valence-electron chi connectivity index (χ0n) is 92.0. The van der Waals surface area contributed by atoms with Gasteiger partial charge in [-0.1, -0.05) is 148 Å². The van der Waals surface area contributed by atoms with E-state index in [0.29, 0.717) is 110 Å². The standard InChI is InChI=1S/C105H179N10O34P/c1-70(2)115(71(3)4)150(140-66-52-58-106)139-65-51-39-35-45-61-109-101(131)84(53-43-46-59-107-89(128)55-40-32-26-20-17-23-29-36-48-62-133-103-92(110-72(5)116)98(144-81(14)125)95(141-78(11)122)86(147-103)67-136-75(8)119)114-102(132)85(113-91(130)57-42-34-28-22-19-25-31-38-50-64-135-105-94(112-74(7)118)100(146-83(16)127)97(143-80(13)124)88(149-105)69-138-77(10)121)54-44-47-60-108-90(129)56-41-33-27-21-18-24-30-37-49-63-134-104-93(111-73(6)117)99(145-82(15)126)96(142-79(12)123)87(148-104)68-137-76(9)120/h70-71,84-88,92-100,103-105H,17-57,59-69H2,1-16H3,(H,107,128)(H,108,129)(H,109,131)(H,110,116)(H,111,117)(H,112,118)(H,113,130)(H,114,132). The SMILES string of the molecule is CC(=O)NC1C(OCCCCCCCCCCCC(=O)NCCCCC(NC(=O)CCCCCCCCCCCOC2OC(COC(C)=O)C(OC(C)=O)C(OC(C)=O)C2NC(C)=O)C(=O)NC(CCCCNC(=O)CCCCCCCCCCCOC2OC(COC(C)=O)C(OC(C)=O)C(OC(C)=O)C2NC(C)=O)C(=O)NCCCCCCOP(OCCC#N)N(C(C)C)C(C)C)OC(COC(C)=O)C(OC(C)=O)C1OC(C)=O. The third kappa shape index (κ3) is 61.4. The summed E-state index contributed by atoms with van der Waals surface area (Å²) in [5.74, 6) is -8.97. The van der Waals surface area contributed by atoms with Gasteiger partial charge in [0.05, 0.1) is 25.7 Å². The number of amides is 8. The Balaban J connectivity index is 1.65. The maximum absolute atomic E-state index is 14.7.